The largest absolute Gasteiger partial charge is 0.326 e. The lowest BCUT2D eigenvalue weighted by Gasteiger charge is -2.18. The summed E-state index contributed by atoms with van der Waals surface area (Å²) in [6, 6.07) is 21.8. The molecule has 29 heavy (non-hydrogen) atoms. The van der Waals surface area contributed by atoms with E-state index < -0.39 is 5.25 Å². The molecule has 0 fully saturated rings. The van der Waals surface area contributed by atoms with E-state index >= 15 is 0 Å². The van der Waals surface area contributed by atoms with Crippen molar-refractivity contribution in [3.05, 3.63) is 88.4 Å². The molecule has 7 heteroatoms. The number of halogens is 2. The van der Waals surface area contributed by atoms with Gasteiger partial charge in [-0.25, -0.2) is 0 Å². The summed E-state index contributed by atoms with van der Waals surface area (Å²) >= 11 is 13.6. The molecule has 0 aliphatic heterocycles. The standard InChI is InChI=1S/C22H18Cl2N2O2S/c1-14(27)25-17-8-10-18(11-9-17)29-21(15-5-3-2-4-6-15)22(28)26-20-12-7-16(23)13-19(20)24/h2-13,21H,1H3,(H,25,27)(H,26,28). The van der Waals surface area contributed by atoms with Crippen LogP contribution in [0.1, 0.15) is 17.7 Å². The summed E-state index contributed by atoms with van der Waals surface area (Å²) in [5, 5.41) is 6.00. The Balaban J connectivity index is 1.83. The van der Waals surface area contributed by atoms with Crippen LogP contribution in [0.15, 0.2) is 77.7 Å². The lowest BCUT2D eigenvalue weighted by molar-refractivity contribution is -0.116. The van der Waals surface area contributed by atoms with Gasteiger partial charge in [-0.2, -0.15) is 0 Å². The lowest BCUT2D eigenvalue weighted by Crippen LogP contribution is -2.19. The smallest absolute Gasteiger partial charge is 0.242 e. The van der Waals surface area contributed by atoms with Crippen LogP contribution in [0, 0.1) is 0 Å². The Kier molecular flexibility index (Phi) is 7.20. The molecule has 2 N–H and O–H groups in total. The fraction of sp³-hybridized carbons (Fsp3) is 0.0909. The van der Waals surface area contributed by atoms with Gasteiger partial charge in [0.15, 0.2) is 0 Å². The predicted molar refractivity (Wildman–Crippen MR) is 121 cm³/mol. The van der Waals surface area contributed by atoms with Crippen molar-refractivity contribution in [3.63, 3.8) is 0 Å². The van der Waals surface area contributed by atoms with Gasteiger partial charge in [-0.05, 0) is 48.0 Å². The Hall–Kier alpha value is -2.47. The third-order valence-electron chi connectivity index (χ3n) is 3.96. The summed E-state index contributed by atoms with van der Waals surface area (Å²) in [5.74, 6) is -0.330. The number of benzene rings is 3. The summed E-state index contributed by atoms with van der Waals surface area (Å²) in [7, 11) is 0. The van der Waals surface area contributed by atoms with Crippen LogP contribution in [0.4, 0.5) is 11.4 Å². The highest BCUT2D eigenvalue weighted by Crippen LogP contribution is 2.37. The van der Waals surface area contributed by atoms with Crippen molar-refractivity contribution < 1.29 is 9.59 Å². The summed E-state index contributed by atoms with van der Waals surface area (Å²) in [5.41, 5.74) is 2.07. The minimum absolute atomic E-state index is 0.133. The van der Waals surface area contributed by atoms with Crippen LogP contribution in [0.2, 0.25) is 10.0 Å². The molecule has 1 unspecified atom stereocenters. The second-order valence-corrected chi connectivity index (χ2v) is 8.25. The highest BCUT2D eigenvalue weighted by atomic mass is 35.5. The Morgan fingerprint density at radius 2 is 1.59 bits per heavy atom. The van der Waals surface area contributed by atoms with Crippen LogP contribution < -0.4 is 10.6 Å². The van der Waals surface area contributed by atoms with Crippen molar-refractivity contribution in [3.8, 4) is 0 Å². The second-order valence-electron chi connectivity index (χ2n) is 6.23. The van der Waals surface area contributed by atoms with Crippen molar-refractivity contribution in [1.82, 2.24) is 0 Å². The van der Waals surface area contributed by atoms with E-state index in [-0.39, 0.29) is 11.8 Å². The van der Waals surface area contributed by atoms with Gasteiger partial charge in [-0.3, -0.25) is 9.59 Å². The molecule has 0 aliphatic carbocycles. The van der Waals surface area contributed by atoms with Crippen molar-refractivity contribution >= 4 is 58.2 Å². The summed E-state index contributed by atoms with van der Waals surface area (Å²) < 4.78 is 0. The molecule has 3 aromatic rings. The first kappa shape index (κ1) is 21.2. The summed E-state index contributed by atoms with van der Waals surface area (Å²) in [6.07, 6.45) is 0. The van der Waals surface area contributed by atoms with Crippen LogP contribution in [0.25, 0.3) is 0 Å². The number of nitrogens with one attached hydrogen (secondary N) is 2. The number of rotatable bonds is 6. The molecular weight excluding hydrogens is 427 g/mol. The molecule has 1 atom stereocenters. The van der Waals surface area contributed by atoms with Gasteiger partial charge in [0.05, 0.1) is 10.7 Å². The van der Waals surface area contributed by atoms with E-state index in [4.69, 9.17) is 23.2 Å². The summed E-state index contributed by atoms with van der Waals surface area (Å²) in [6.45, 7) is 1.46. The Morgan fingerprint density at radius 1 is 0.897 bits per heavy atom. The average molecular weight is 445 g/mol. The molecule has 3 aromatic carbocycles. The van der Waals surface area contributed by atoms with E-state index in [1.807, 2.05) is 42.5 Å². The maximum absolute atomic E-state index is 13.1. The monoisotopic (exact) mass is 444 g/mol. The van der Waals surface area contributed by atoms with Gasteiger partial charge in [0.25, 0.3) is 0 Å². The van der Waals surface area contributed by atoms with E-state index in [9.17, 15) is 9.59 Å². The molecule has 0 radical (unpaired) electrons. The fourth-order valence-electron chi connectivity index (χ4n) is 2.65. The first-order valence-electron chi connectivity index (χ1n) is 8.77. The van der Waals surface area contributed by atoms with Crippen molar-refractivity contribution in [2.24, 2.45) is 0 Å². The highest BCUT2D eigenvalue weighted by Gasteiger charge is 2.23. The first-order chi connectivity index (χ1) is 13.9. The molecule has 0 heterocycles. The van der Waals surface area contributed by atoms with Crippen LogP contribution in [-0.2, 0) is 9.59 Å². The quantitative estimate of drug-likeness (QED) is 0.430. The van der Waals surface area contributed by atoms with E-state index in [0.717, 1.165) is 10.5 Å². The number of carbonyl (C=O) groups excluding carboxylic acids is 2. The molecule has 0 saturated carbocycles. The van der Waals surface area contributed by atoms with Gasteiger partial charge in [0.1, 0.15) is 5.25 Å². The third kappa shape index (κ3) is 6.00. The second kappa shape index (κ2) is 9.83. The van der Waals surface area contributed by atoms with E-state index in [0.29, 0.717) is 21.4 Å². The highest BCUT2D eigenvalue weighted by molar-refractivity contribution is 8.00. The number of hydrogen-bond acceptors (Lipinski definition) is 3. The zero-order valence-electron chi connectivity index (χ0n) is 15.5. The zero-order chi connectivity index (χ0) is 20.8. The van der Waals surface area contributed by atoms with Crippen LogP contribution in [-0.4, -0.2) is 11.8 Å². The average Bonchev–Trinajstić information content (AvgIpc) is 2.69. The number of hydrogen-bond donors (Lipinski definition) is 2. The van der Waals surface area contributed by atoms with Crippen molar-refractivity contribution in [2.75, 3.05) is 10.6 Å². The Morgan fingerprint density at radius 3 is 2.21 bits per heavy atom. The molecule has 148 valence electrons. The Bertz CT molecular complexity index is 1010. The lowest BCUT2D eigenvalue weighted by atomic mass is 10.1. The molecule has 4 nitrogen and oxygen atoms in total. The maximum Gasteiger partial charge on any atom is 0.242 e. The van der Waals surface area contributed by atoms with Crippen molar-refractivity contribution in [1.29, 1.82) is 0 Å². The predicted octanol–water partition coefficient (Wildman–Crippen LogP) is 6.42. The van der Waals surface area contributed by atoms with E-state index in [1.165, 1.54) is 18.7 Å². The van der Waals surface area contributed by atoms with Gasteiger partial charge >= 0.3 is 0 Å². The zero-order valence-corrected chi connectivity index (χ0v) is 17.8. The number of thioether (sulfide) groups is 1. The third-order valence-corrected chi connectivity index (χ3v) is 5.77. The molecular formula is C22H18Cl2N2O2S. The maximum atomic E-state index is 13.1. The number of carbonyl (C=O) groups is 2. The summed E-state index contributed by atoms with van der Waals surface area (Å²) in [4.78, 5) is 25.2. The minimum Gasteiger partial charge on any atom is -0.326 e. The number of amides is 2. The van der Waals surface area contributed by atoms with Crippen molar-refractivity contribution in [2.45, 2.75) is 17.1 Å². The van der Waals surface area contributed by atoms with Gasteiger partial charge < -0.3 is 10.6 Å². The molecule has 2 amide bonds. The van der Waals surface area contributed by atoms with Crippen LogP contribution >= 0.6 is 35.0 Å². The minimum atomic E-state index is -0.491. The van der Waals surface area contributed by atoms with Gasteiger partial charge in [0, 0.05) is 22.5 Å². The van der Waals surface area contributed by atoms with E-state index in [1.54, 1.807) is 30.3 Å². The molecule has 0 spiro atoms. The van der Waals surface area contributed by atoms with E-state index in [2.05, 4.69) is 10.6 Å². The molecule has 0 bridgehead atoms. The molecule has 0 aliphatic rings. The SMILES string of the molecule is CC(=O)Nc1ccc(SC(C(=O)Nc2ccc(Cl)cc2Cl)c2ccccc2)cc1. The van der Waals surface area contributed by atoms with Crippen LogP contribution in [0.5, 0.6) is 0 Å². The number of anilines is 2. The van der Waals surface area contributed by atoms with Gasteiger partial charge in [-0.15, -0.1) is 11.8 Å². The normalized spacial score (nSPS) is 11.6. The van der Waals surface area contributed by atoms with Crippen LogP contribution in [0.3, 0.4) is 0 Å². The molecule has 3 rings (SSSR count). The molecule has 0 saturated heterocycles. The van der Waals surface area contributed by atoms with Gasteiger partial charge in [-0.1, -0.05) is 53.5 Å². The Labute approximate surface area is 183 Å². The van der Waals surface area contributed by atoms with Gasteiger partial charge in [0.2, 0.25) is 11.8 Å². The molecule has 0 aromatic heterocycles. The first-order valence-corrected chi connectivity index (χ1v) is 10.4. The fourth-order valence-corrected chi connectivity index (χ4v) is 4.13. The topological polar surface area (TPSA) is 58.2 Å².